The first-order valence-corrected chi connectivity index (χ1v) is 9.67. The standard InChI is InChI=1S/C22H22N6/c1-2-6-18-15-28(12-10-16(18)5-1)22-26-21(14-25-27-22)23-11-9-17-13-24-20-8-4-3-7-19(17)20/h1-8,13-14,24H,9-12,15H2,(H,23,26,27). The van der Waals surface area contributed by atoms with E-state index >= 15 is 0 Å². The van der Waals surface area contributed by atoms with Crippen LogP contribution in [0.25, 0.3) is 10.9 Å². The van der Waals surface area contributed by atoms with Gasteiger partial charge in [-0.3, -0.25) is 0 Å². The second-order valence-electron chi connectivity index (χ2n) is 7.12. The van der Waals surface area contributed by atoms with E-state index in [1.54, 1.807) is 6.20 Å². The highest BCUT2D eigenvalue weighted by molar-refractivity contribution is 5.83. The van der Waals surface area contributed by atoms with Crippen molar-refractivity contribution < 1.29 is 0 Å². The molecule has 5 rings (SSSR count). The minimum atomic E-state index is 0.687. The van der Waals surface area contributed by atoms with Gasteiger partial charge >= 0.3 is 0 Å². The highest BCUT2D eigenvalue weighted by atomic mass is 15.3. The number of nitrogens with one attached hydrogen (secondary N) is 2. The molecule has 0 atom stereocenters. The molecule has 0 saturated carbocycles. The number of anilines is 2. The van der Waals surface area contributed by atoms with Crippen LogP contribution in [0, 0.1) is 0 Å². The molecule has 0 amide bonds. The fraction of sp³-hybridized carbons (Fsp3) is 0.227. The number of aromatic nitrogens is 4. The van der Waals surface area contributed by atoms with Crippen molar-refractivity contribution in [3.8, 4) is 0 Å². The Morgan fingerprint density at radius 1 is 1.04 bits per heavy atom. The van der Waals surface area contributed by atoms with Gasteiger partial charge in [0.05, 0.1) is 6.20 Å². The summed E-state index contributed by atoms with van der Waals surface area (Å²) in [6, 6.07) is 16.9. The van der Waals surface area contributed by atoms with E-state index in [2.05, 4.69) is 79.0 Å². The molecular weight excluding hydrogens is 348 g/mol. The van der Waals surface area contributed by atoms with Crippen LogP contribution in [0.2, 0.25) is 0 Å². The predicted molar refractivity (Wildman–Crippen MR) is 112 cm³/mol. The summed E-state index contributed by atoms with van der Waals surface area (Å²) >= 11 is 0. The lowest BCUT2D eigenvalue weighted by Crippen LogP contribution is -2.32. The molecule has 0 bridgehead atoms. The number of aromatic amines is 1. The van der Waals surface area contributed by atoms with Gasteiger partial charge in [-0.15, -0.1) is 5.10 Å². The third-order valence-corrected chi connectivity index (χ3v) is 5.34. The van der Waals surface area contributed by atoms with Crippen molar-refractivity contribution in [2.75, 3.05) is 23.3 Å². The number of benzene rings is 2. The lowest BCUT2D eigenvalue weighted by molar-refractivity contribution is 0.697. The van der Waals surface area contributed by atoms with Crippen LogP contribution in [0.15, 0.2) is 60.9 Å². The average Bonchev–Trinajstić information content (AvgIpc) is 3.17. The molecule has 6 heteroatoms. The van der Waals surface area contributed by atoms with Crippen molar-refractivity contribution in [1.29, 1.82) is 0 Å². The Bertz CT molecular complexity index is 1100. The van der Waals surface area contributed by atoms with Gasteiger partial charge in [0.2, 0.25) is 5.95 Å². The van der Waals surface area contributed by atoms with Gasteiger partial charge in [0, 0.05) is 36.7 Å². The van der Waals surface area contributed by atoms with Gasteiger partial charge in [-0.1, -0.05) is 42.5 Å². The van der Waals surface area contributed by atoms with Crippen molar-refractivity contribution in [3.05, 3.63) is 77.6 Å². The largest absolute Gasteiger partial charge is 0.368 e. The normalized spacial score (nSPS) is 13.5. The van der Waals surface area contributed by atoms with E-state index in [0.29, 0.717) is 5.95 Å². The van der Waals surface area contributed by atoms with Gasteiger partial charge < -0.3 is 15.2 Å². The van der Waals surface area contributed by atoms with Crippen LogP contribution in [-0.2, 0) is 19.4 Å². The van der Waals surface area contributed by atoms with Gasteiger partial charge in [0.1, 0.15) is 0 Å². The van der Waals surface area contributed by atoms with E-state index in [4.69, 9.17) is 0 Å². The molecule has 6 nitrogen and oxygen atoms in total. The fourth-order valence-electron chi connectivity index (χ4n) is 3.84. The first-order chi connectivity index (χ1) is 13.9. The molecule has 4 aromatic rings. The smallest absolute Gasteiger partial charge is 0.247 e. The molecule has 1 aliphatic rings. The molecule has 2 aromatic heterocycles. The van der Waals surface area contributed by atoms with E-state index < -0.39 is 0 Å². The Hall–Kier alpha value is -3.41. The van der Waals surface area contributed by atoms with Crippen LogP contribution < -0.4 is 10.2 Å². The maximum Gasteiger partial charge on any atom is 0.247 e. The minimum absolute atomic E-state index is 0.687. The first-order valence-electron chi connectivity index (χ1n) is 9.67. The van der Waals surface area contributed by atoms with E-state index in [9.17, 15) is 0 Å². The van der Waals surface area contributed by atoms with Crippen molar-refractivity contribution in [3.63, 3.8) is 0 Å². The topological polar surface area (TPSA) is 69.7 Å². The zero-order valence-corrected chi connectivity index (χ0v) is 15.6. The van der Waals surface area contributed by atoms with Gasteiger partial charge in [-0.2, -0.15) is 10.1 Å². The first kappa shape index (κ1) is 16.7. The molecule has 28 heavy (non-hydrogen) atoms. The third kappa shape index (κ3) is 3.29. The number of hydrogen-bond donors (Lipinski definition) is 2. The number of H-pyrrole nitrogens is 1. The van der Waals surface area contributed by atoms with Crippen LogP contribution in [0.3, 0.4) is 0 Å². The van der Waals surface area contributed by atoms with Crippen molar-refractivity contribution in [2.45, 2.75) is 19.4 Å². The molecule has 0 fully saturated rings. The van der Waals surface area contributed by atoms with Crippen molar-refractivity contribution in [2.24, 2.45) is 0 Å². The number of para-hydroxylation sites is 1. The summed E-state index contributed by atoms with van der Waals surface area (Å²) in [5, 5.41) is 13.1. The molecule has 0 spiro atoms. The summed E-state index contributed by atoms with van der Waals surface area (Å²) < 4.78 is 0. The molecule has 140 valence electrons. The number of nitrogens with zero attached hydrogens (tertiary/aromatic N) is 4. The van der Waals surface area contributed by atoms with Gasteiger partial charge in [-0.05, 0) is 35.6 Å². The van der Waals surface area contributed by atoms with Crippen LogP contribution in [0.5, 0.6) is 0 Å². The van der Waals surface area contributed by atoms with E-state index in [-0.39, 0.29) is 0 Å². The molecule has 0 unspecified atom stereocenters. The van der Waals surface area contributed by atoms with E-state index in [1.807, 2.05) is 6.07 Å². The zero-order chi connectivity index (χ0) is 18.8. The molecule has 2 aromatic carbocycles. The number of fused-ring (bicyclic) bond motifs is 2. The Balaban J connectivity index is 1.25. The molecule has 2 N–H and O–H groups in total. The van der Waals surface area contributed by atoms with Crippen molar-refractivity contribution in [1.82, 2.24) is 20.2 Å². The molecule has 0 radical (unpaired) electrons. The minimum Gasteiger partial charge on any atom is -0.368 e. The second-order valence-corrected chi connectivity index (χ2v) is 7.12. The summed E-state index contributed by atoms with van der Waals surface area (Å²) in [4.78, 5) is 10.2. The fourth-order valence-corrected chi connectivity index (χ4v) is 3.84. The van der Waals surface area contributed by atoms with Gasteiger partial charge in [-0.25, -0.2) is 0 Å². The second kappa shape index (κ2) is 7.31. The predicted octanol–water partition coefficient (Wildman–Crippen LogP) is 3.57. The third-order valence-electron chi connectivity index (χ3n) is 5.34. The summed E-state index contributed by atoms with van der Waals surface area (Å²) in [6.45, 7) is 2.54. The number of hydrogen-bond acceptors (Lipinski definition) is 5. The summed E-state index contributed by atoms with van der Waals surface area (Å²) in [6.07, 6.45) is 5.70. The SMILES string of the molecule is c1ccc2c(c1)CCN(c1nncc(NCCc3c[nH]c4ccccc34)n1)C2. The highest BCUT2D eigenvalue weighted by Crippen LogP contribution is 2.22. The summed E-state index contributed by atoms with van der Waals surface area (Å²) in [5.41, 5.74) is 5.24. The van der Waals surface area contributed by atoms with Gasteiger partial charge in [0.15, 0.2) is 5.82 Å². The number of rotatable bonds is 5. The molecular formula is C22H22N6. The van der Waals surface area contributed by atoms with Crippen molar-refractivity contribution >= 4 is 22.7 Å². The lowest BCUT2D eigenvalue weighted by atomic mass is 10.0. The summed E-state index contributed by atoms with van der Waals surface area (Å²) in [5.74, 6) is 1.45. The quantitative estimate of drug-likeness (QED) is 0.562. The van der Waals surface area contributed by atoms with Gasteiger partial charge in [0.25, 0.3) is 0 Å². The maximum atomic E-state index is 4.68. The Morgan fingerprint density at radius 2 is 1.89 bits per heavy atom. The van der Waals surface area contributed by atoms with E-state index in [1.165, 1.54) is 27.6 Å². The molecule has 0 aliphatic carbocycles. The van der Waals surface area contributed by atoms with Crippen LogP contribution >= 0.6 is 0 Å². The lowest BCUT2D eigenvalue weighted by Gasteiger charge is -2.28. The molecule has 1 aliphatic heterocycles. The monoisotopic (exact) mass is 370 g/mol. The Kier molecular flexibility index (Phi) is 4.37. The van der Waals surface area contributed by atoms with E-state index in [0.717, 1.165) is 38.3 Å². The molecule has 0 saturated heterocycles. The Morgan fingerprint density at radius 3 is 2.86 bits per heavy atom. The van der Waals surface area contributed by atoms with Crippen LogP contribution in [0.4, 0.5) is 11.8 Å². The highest BCUT2D eigenvalue weighted by Gasteiger charge is 2.18. The van der Waals surface area contributed by atoms with Crippen LogP contribution in [0.1, 0.15) is 16.7 Å². The molecule has 3 heterocycles. The maximum absolute atomic E-state index is 4.68. The average molecular weight is 370 g/mol. The van der Waals surface area contributed by atoms with Crippen LogP contribution in [-0.4, -0.2) is 33.3 Å². The Labute approximate surface area is 163 Å². The summed E-state index contributed by atoms with van der Waals surface area (Å²) in [7, 11) is 0. The zero-order valence-electron chi connectivity index (χ0n) is 15.6.